The molecule has 2 aromatic carbocycles. The Hall–Kier alpha value is -3.17. The predicted octanol–water partition coefficient (Wildman–Crippen LogP) is 6.11. The highest BCUT2D eigenvalue weighted by Crippen LogP contribution is 2.33. The fourth-order valence-corrected chi connectivity index (χ4v) is 3.34. The Morgan fingerprint density at radius 3 is 2.26 bits per heavy atom. The number of benzene rings is 2. The Morgan fingerprint density at radius 2 is 1.65 bits per heavy atom. The van der Waals surface area contributed by atoms with E-state index in [1.54, 1.807) is 6.07 Å². The van der Waals surface area contributed by atoms with E-state index < -0.39 is 23.6 Å². The minimum absolute atomic E-state index is 0.0548. The maximum absolute atomic E-state index is 13.7. The van der Waals surface area contributed by atoms with Crippen LogP contribution in [0.15, 0.2) is 54.6 Å². The molecule has 0 fully saturated rings. The number of halogens is 6. The van der Waals surface area contributed by atoms with Crippen molar-refractivity contribution in [3.8, 4) is 11.3 Å². The number of alkyl halides is 3. The fraction of sp³-hybridized carbons (Fsp3) is 0.0500. The van der Waals surface area contributed by atoms with Gasteiger partial charge in [-0.05, 0) is 42.5 Å². The van der Waals surface area contributed by atoms with Crippen molar-refractivity contribution in [1.29, 1.82) is 0 Å². The summed E-state index contributed by atoms with van der Waals surface area (Å²) >= 11 is 12.0. The quantitative estimate of drug-likeness (QED) is 0.368. The smallest absolute Gasteiger partial charge is 0.318 e. The molecule has 0 saturated heterocycles. The normalized spacial score (nSPS) is 11.7. The van der Waals surface area contributed by atoms with Gasteiger partial charge in [-0.2, -0.15) is 18.3 Å². The minimum Gasteiger partial charge on any atom is -0.318 e. The standard InChI is InChI=1S/C20H10Cl2F4N4O/c21-12-2-1-3-13(22)18(12)28-19(31)15-9-17-27-14(10-4-6-11(23)7-5-10)8-16(20(24,25)26)30(17)29-15/h1-9H,(H,28,31). The Labute approximate surface area is 182 Å². The molecule has 2 aromatic heterocycles. The lowest BCUT2D eigenvalue weighted by atomic mass is 10.1. The van der Waals surface area contributed by atoms with E-state index in [-0.39, 0.29) is 38.3 Å². The summed E-state index contributed by atoms with van der Waals surface area (Å²) in [6.07, 6.45) is -4.79. The lowest BCUT2D eigenvalue weighted by molar-refractivity contribution is -0.142. The summed E-state index contributed by atoms with van der Waals surface area (Å²) in [4.78, 5) is 16.7. The summed E-state index contributed by atoms with van der Waals surface area (Å²) in [5.41, 5.74) is -1.38. The van der Waals surface area contributed by atoms with Crippen LogP contribution in [0.4, 0.5) is 23.2 Å². The second-order valence-corrected chi connectivity index (χ2v) is 7.20. The summed E-state index contributed by atoms with van der Waals surface area (Å²) in [6, 6.07) is 11.3. The number of nitrogens with one attached hydrogen (secondary N) is 1. The van der Waals surface area contributed by atoms with Gasteiger partial charge in [-0.3, -0.25) is 4.79 Å². The molecule has 1 amide bonds. The molecule has 0 aliphatic rings. The minimum atomic E-state index is -4.79. The molecule has 4 aromatic rings. The first-order valence-electron chi connectivity index (χ1n) is 8.63. The van der Waals surface area contributed by atoms with Gasteiger partial charge in [0.25, 0.3) is 5.91 Å². The topological polar surface area (TPSA) is 59.3 Å². The Kier molecular flexibility index (Phi) is 5.32. The molecule has 158 valence electrons. The zero-order chi connectivity index (χ0) is 22.3. The number of nitrogens with zero attached hydrogens (tertiary/aromatic N) is 3. The van der Waals surface area contributed by atoms with E-state index in [0.717, 1.165) is 24.3 Å². The summed E-state index contributed by atoms with van der Waals surface area (Å²) in [5, 5.41) is 6.50. The van der Waals surface area contributed by atoms with E-state index in [9.17, 15) is 22.4 Å². The van der Waals surface area contributed by atoms with Gasteiger partial charge in [0.2, 0.25) is 0 Å². The monoisotopic (exact) mass is 468 g/mol. The van der Waals surface area contributed by atoms with Crippen LogP contribution in [0.2, 0.25) is 10.0 Å². The second-order valence-electron chi connectivity index (χ2n) is 6.38. The average molecular weight is 469 g/mol. The molecule has 0 bridgehead atoms. The summed E-state index contributed by atoms with van der Waals surface area (Å²) < 4.78 is 54.7. The van der Waals surface area contributed by atoms with Gasteiger partial charge < -0.3 is 5.32 Å². The van der Waals surface area contributed by atoms with Crippen molar-refractivity contribution in [2.24, 2.45) is 0 Å². The van der Waals surface area contributed by atoms with E-state index in [0.29, 0.717) is 4.52 Å². The number of para-hydroxylation sites is 1. The van der Waals surface area contributed by atoms with Crippen molar-refractivity contribution in [1.82, 2.24) is 14.6 Å². The van der Waals surface area contributed by atoms with Crippen LogP contribution in [0.5, 0.6) is 0 Å². The highest BCUT2D eigenvalue weighted by Gasteiger charge is 2.35. The largest absolute Gasteiger partial charge is 0.433 e. The van der Waals surface area contributed by atoms with E-state index in [1.165, 1.54) is 24.3 Å². The van der Waals surface area contributed by atoms with Crippen molar-refractivity contribution in [3.63, 3.8) is 0 Å². The van der Waals surface area contributed by atoms with Crippen LogP contribution in [0.25, 0.3) is 16.9 Å². The van der Waals surface area contributed by atoms with Gasteiger partial charge in [0.05, 0.1) is 21.4 Å². The molecule has 2 heterocycles. The fourth-order valence-electron chi connectivity index (χ4n) is 2.85. The highest BCUT2D eigenvalue weighted by atomic mass is 35.5. The Balaban J connectivity index is 1.80. The first-order chi connectivity index (χ1) is 14.6. The number of anilines is 1. The first-order valence-corrected chi connectivity index (χ1v) is 9.38. The maximum atomic E-state index is 13.7. The lowest BCUT2D eigenvalue weighted by Gasteiger charge is -2.11. The molecule has 11 heteroatoms. The Bertz CT molecular complexity index is 1280. The molecule has 0 aliphatic heterocycles. The van der Waals surface area contributed by atoms with E-state index in [1.807, 2.05) is 0 Å². The molecule has 4 rings (SSSR count). The number of carbonyl (C=O) groups is 1. The van der Waals surface area contributed by atoms with E-state index in [4.69, 9.17) is 23.2 Å². The molecule has 0 saturated carbocycles. The molecular formula is C20H10Cl2F4N4O. The van der Waals surface area contributed by atoms with Gasteiger partial charge in [0, 0.05) is 11.6 Å². The molecule has 0 aliphatic carbocycles. The third-order valence-electron chi connectivity index (χ3n) is 4.29. The third-order valence-corrected chi connectivity index (χ3v) is 4.92. The molecule has 0 spiro atoms. The maximum Gasteiger partial charge on any atom is 0.433 e. The molecular weight excluding hydrogens is 459 g/mol. The van der Waals surface area contributed by atoms with Crippen LogP contribution in [0.3, 0.4) is 0 Å². The molecule has 31 heavy (non-hydrogen) atoms. The first kappa shape index (κ1) is 21.1. The van der Waals surface area contributed by atoms with Crippen LogP contribution in [0.1, 0.15) is 16.2 Å². The van der Waals surface area contributed by atoms with Gasteiger partial charge in [0.15, 0.2) is 17.0 Å². The van der Waals surface area contributed by atoms with E-state index in [2.05, 4.69) is 15.4 Å². The van der Waals surface area contributed by atoms with Crippen LogP contribution in [-0.2, 0) is 6.18 Å². The van der Waals surface area contributed by atoms with Gasteiger partial charge in [-0.15, -0.1) is 0 Å². The van der Waals surface area contributed by atoms with E-state index >= 15 is 0 Å². The van der Waals surface area contributed by atoms with Gasteiger partial charge >= 0.3 is 6.18 Å². The van der Waals surface area contributed by atoms with Gasteiger partial charge in [0.1, 0.15) is 5.82 Å². The summed E-state index contributed by atoms with van der Waals surface area (Å²) in [7, 11) is 0. The molecule has 0 unspecified atom stereocenters. The Morgan fingerprint density at radius 1 is 1.00 bits per heavy atom. The SMILES string of the molecule is O=C(Nc1c(Cl)cccc1Cl)c1cc2nc(-c3ccc(F)cc3)cc(C(F)(F)F)n2n1. The number of rotatable bonds is 3. The molecule has 5 nitrogen and oxygen atoms in total. The second kappa shape index (κ2) is 7.82. The number of hydrogen-bond donors (Lipinski definition) is 1. The summed E-state index contributed by atoms with van der Waals surface area (Å²) in [6.45, 7) is 0. The number of aromatic nitrogens is 3. The summed E-state index contributed by atoms with van der Waals surface area (Å²) in [5.74, 6) is -1.36. The van der Waals surface area contributed by atoms with Gasteiger partial charge in [-0.25, -0.2) is 13.9 Å². The van der Waals surface area contributed by atoms with Crippen LogP contribution >= 0.6 is 23.2 Å². The predicted molar refractivity (Wildman–Crippen MR) is 108 cm³/mol. The zero-order valence-electron chi connectivity index (χ0n) is 15.2. The van der Waals surface area contributed by atoms with Crippen LogP contribution in [0, 0.1) is 5.82 Å². The van der Waals surface area contributed by atoms with Crippen molar-refractivity contribution >= 4 is 40.4 Å². The highest BCUT2D eigenvalue weighted by molar-refractivity contribution is 6.40. The molecule has 0 radical (unpaired) electrons. The van der Waals surface area contributed by atoms with Crippen LogP contribution < -0.4 is 5.32 Å². The number of hydrogen-bond acceptors (Lipinski definition) is 3. The molecule has 1 N–H and O–H groups in total. The van der Waals surface area contributed by atoms with Crippen LogP contribution in [-0.4, -0.2) is 20.5 Å². The lowest BCUT2D eigenvalue weighted by Crippen LogP contribution is -2.16. The number of amides is 1. The van der Waals surface area contributed by atoms with Gasteiger partial charge in [-0.1, -0.05) is 29.3 Å². The zero-order valence-corrected chi connectivity index (χ0v) is 16.7. The third kappa shape index (κ3) is 4.19. The number of fused-ring (bicyclic) bond motifs is 1. The number of carbonyl (C=O) groups excluding carboxylic acids is 1. The van der Waals surface area contributed by atoms with Crippen molar-refractivity contribution in [2.45, 2.75) is 6.18 Å². The van der Waals surface area contributed by atoms with Crippen molar-refractivity contribution in [2.75, 3.05) is 5.32 Å². The average Bonchev–Trinajstić information content (AvgIpc) is 3.14. The van der Waals surface area contributed by atoms with Crippen molar-refractivity contribution in [3.05, 3.63) is 81.8 Å². The molecule has 0 atom stereocenters. The van der Waals surface area contributed by atoms with Crippen molar-refractivity contribution < 1.29 is 22.4 Å².